The summed E-state index contributed by atoms with van der Waals surface area (Å²) >= 11 is 1.65. The van der Waals surface area contributed by atoms with Gasteiger partial charge in [-0.25, -0.2) is 4.79 Å². The van der Waals surface area contributed by atoms with E-state index in [2.05, 4.69) is 10.2 Å². The van der Waals surface area contributed by atoms with Gasteiger partial charge in [-0.2, -0.15) is 5.06 Å². The van der Waals surface area contributed by atoms with Crippen molar-refractivity contribution >= 4 is 17.4 Å². The number of nitrogens with two attached hydrogens (primary N) is 1. The molecule has 3 aliphatic rings. The highest BCUT2D eigenvalue weighted by atomic mass is 32.1. The number of fused-ring (bicyclic) bond motifs is 2. The maximum absolute atomic E-state index is 12.9. The molecule has 7 nitrogen and oxygen atoms in total. The molecule has 1 saturated carbocycles. The molecule has 3 heterocycles. The van der Waals surface area contributed by atoms with Crippen LogP contribution in [-0.4, -0.2) is 44.8 Å². The normalized spacial score (nSPS) is 29.9. The molecular weight excluding hydrogens is 362 g/mol. The quantitative estimate of drug-likeness (QED) is 0.855. The maximum atomic E-state index is 12.9. The number of benzene rings is 1. The predicted octanol–water partition coefficient (Wildman–Crippen LogP) is 2.82. The highest BCUT2D eigenvalue weighted by Crippen LogP contribution is 2.42. The summed E-state index contributed by atoms with van der Waals surface area (Å²) in [7, 11) is 0. The first kappa shape index (κ1) is 17.1. The molecule has 1 aliphatic carbocycles. The van der Waals surface area contributed by atoms with Gasteiger partial charge in [-0.05, 0) is 31.2 Å². The van der Waals surface area contributed by atoms with Gasteiger partial charge in [0, 0.05) is 18.5 Å². The molecule has 2 amide bonds. The highest BCUT2D eigenvalue weighted by Gasteiger charge is 2.47. The minimum Gasteiger partial charge on any atom is -0.328 e. The lowest BCUT2D eigenvalue weighted by Crippen LogP contribution is -2.34. The number of aromatic nitrogens is 2. The Bertz CT molecular complexity index is 823. The molecule has 0 spiro atoms. The van der Waals surface area contributed by atoms with Crippen molar-refractivity contribution in [1.82, 2.24) is 20.2 Å². The van der Waals surface area contributed by atoms with Gasteiger partial charge in [-0.1, -0.05) is 41.7 Å². The van der Waals surface area contributed by atoms with Crippen molar-refractivity contribution in [3.63, 3.8) is 0 Å². The largest absolute Gasteiger partial charge is 0.344 e. The lowest BCUT2D eigenvalue weighted by atomic mass is 9.81. The van der Waals surface area contributed by atoms with Gasteiger partial charge in [-0.3, -0.25) is 4.84 Å². The fourth-order valence-electron chi connectivity index (χ4n) is 4.18. The number of carbonyl (C=O) groups is 1. The number of hydroxylamine groups is 2. The molecule has 1 aromatic carbocycles. The van der Waals surface area contributed by atoms with Crippen LogP contribution in [0, 0.1) is 0 Å². The van der Waals surface area contributed by atoms with E-state index in [0.29, 0.717) is 25.1 Å². The van der Waals surface area contributed by atoms with Crippen molar-refractivity contribution in [3.8, 4) is 0 Å². The van der Waals surface area contributed by atoms with E-state index in [9.17, 15) is 4.79 Å². The van der Waals surface area contributed by atoms with Crippen LogP contribution in [0.2, 0.25) is 0 Å². The zero-order chi connectivity index (χ0) is 18.4. The molecule has 2 atom stereocenters. The molecule has 1 aromatic heterocycles. The second-order valence-corrected chi connectivity index (χ2v) is 8.71. The predicted molar refractivity (Wildman–Crippen MR) is 101 cm³/mol. The van der Waals surface area contributed by atoms with Crippen LogP contribution in [0.5, 0.6) is 0 Å². The van der Waals surface area contributed by atoms with Gasteiger partial charge in [0.2, 0.25) is 0 Å². The highest BCUT2D eigenvalue weighted by molar-refractivity contribution is 7.11. The van der Waals surface area contributed by atoms with E-state index < -0.39 is 0 Å². The molecule has 0 radical (unpaired) electrons. The average molecular weight is 385 g/mol. The molecule has 2 bridgehead atoms. The summed E-state index contributed by atoms with van der Waals surface area (Å²) in [5.41, 5.74) is 6.95. The molecule has 8 heteroatoms. The Hall–Kier alpha value is -2.03. The Kier molecular flexibility index (Phi) is 4.34. The number of amides is 2. The van der Waals surface area contributed by atoms with E-state index in [0.717, 1.165) is 41.3 Å². The average Bonchev–Trinajstić information content (AvgIpc) is 3.23. The van der Waals surface area contributed by atoms with E-state index >= 15 is 0 Å². The molecule has 3 fully saturated rings. The first-order valence-electron chi connectivity index (χ1n) is 9.54. The SMILES string of the molecule is N[C@H]1C[C@H](c2nnc([C@@H]3CC[C@@H]4CN3C(=O)N4OCc3ccccc3)s2)C1. The van der Waals surface area contributed by atoms with E-state index in [1.54, 1.807) is 16.4 Å². The third-order valence-corrected chi connectivity index (χ3v) is 6.99. The second kappa shape index (κ2) is 6.85. The molecule has 2 aliphatic heterocycles. The number of urea groups is 1. The molecule has 2 aromatic rings. The van der Waals surface area contributed by atoms with Crippen LogP contribution in [-0.2, 0) is 11.4 Å². The summed E-state index contributed by atoms with van der Waals surface area (Å²) < 4.78 is 0. The molecule has 5 rings (SSSR count). The van der Waals surface area contributed by atoms with E-state index in [1.165, 1.54) is 0 Å². The van der Waals surface area contributed by atoms with Crippen molar-refractivity contribution in [1.29, 1.82) is 0 Å². The third-order valence-electron chi connectivity index (χ3n) is 5.80. The molecule has 0 unspecified atom stereocenters. The number of carbonyl (C=O) groups excluding carboxylic acids is 1. The monoisotopic (exact) mass is 385 g/mol. The fraction of sp³-hybridized carbons (Fsp3) is 0.526. The summed E-state index contributed by atoms with van der Waals surface area (Å²) in [6, 6.07) is 10.3. The lowest BCUT2D eigenvalue weighted by molar-refractivity contribution is -0.140. The van der Waals surface area contributed by atoms with Gasteiger partial charge in [0.25, 0.3) is 0 Å². The van der Waals surface area contributed by atoms with Crippen molar-refractivity contribution < 1.29 is 9.63 Å². The standard InChI is InChI=1S/C19H23N5O2S/c20-14-8-13(9-14)17-21-22-18(27-17)16-7-6-15-10-23(16)19(25)24(15)26-11-12-4-2-1-3-5-12/h1-5,13-16H,6-11,20H2/t13-,14-,15-,16+/m1/s1. The number of hydrogen-bond acceptors (Lipinski definition) is 6. The van der Waals surface area contributed by atoms with Crippen molar-refractivity contribution in [3.05, 3.63) is 45.9 Å². The van der Waals surface area contributed by atoms with Crippen LogP contribution in [0.15, 0.2) is 30.3 Å². The van der Waals surface area contributed by atoms with Gasteiger partial charge in [0.1, 0.15) is 16.6 Å². The summed E-state index contributed by atoms with van der Waals surface area (Å²) in [6.45, 7) is 1.11. The van der Waals surface area contributed by atoms with Gasteiger partial charge < -0.3 is 10.6 Å². The van der Waals surface area contributed by atoms with Gasteiger partial charge in [0.15, 0.2) is 0 Å². The Balaban J connectivity index is 1.26. The first-order chi connectivity index (χ1) is 13.2. The number of rotatable bonds is 5. The number of piperidine rings is 1. The van der Waals surface area contributed by atoms with Crippen LogP contribution < -0.4 is 5.73 Å². The van der Waals surface area contributed by atoms with Crippen LogP contribution in [0.25, 0.3) is 0 Å². The molecule has 27 heavy (non-hydrogen) atoms. The number of hydrogen-bond donors (Lipinski definition) is 1. The van der Waals surface area contributed by atoms with E-state index in [1.807, 2.05) is 35.2 Å². The smallest absolute Gasteiger partial charge is 0.328 e. The fourth-order valence-corrected chi connectivity index (χ4v) is 5.30. The van der Waals surface area contributed by atoms with E-state index in [-0.39, 0.29) is 18.1 Å². The van der Waals surface area contributed by atoms with Crippen LogP contribution >= 0.6 is 11.3 Å². The molecule has 2 N–H and O–H groups in total. The van der Waals surface area contributed by atoms with Gasteiger partial charge in [-0.15, -0.1) is 10.2 Å². The van der Waals surface area contributed by atoms with Crippen molar-refractivity contribution in [2.24, 2.45) is 5.73 Å². The zero-order valence-corrected chi connectivity index (χ0v) is 15.8. The van der Waals surface area contributed by atoms with Crippen LogP contribution in [0.1, 0.15) is 53.2 Å². The van der Waals surface area contributed by atoms with Crippen molar-refractivity contribution in [2.75, 3.05) is 6.54 Å². The first-order valence-corrected chi connectivity index (χ1v) is 10.4. The Morgan fingerprint density at radius 2 is 1.93 bits per heavy atom. The molecule has 2 saturated heterocycles. The third kappa shape index (κ3) is 3.11. The summed E-state index contributed by atoms with van der Waals surface area (Å²) in [5, 5.41) is 12.4. The summed E-state index contributed by atoms with van der Waals surface area (Å²) in [4.78, 5) is 20.7. The van der Waals surface area contributed by atoms with Crippen LogP contribution in [0.4, 0.5) is 4.79 Å². The lowest BCUT2D eigenvalue weighted by Gasteiger charge is -2.30. The van der Waals surface area contributed by atoms with Crippen LogP contribution in [0.3, 0.4) is 0 Å². The Morgan fingerprint density at radius 3 is 2.70 bits per heavy atom. The van der Waals surface area contributed by atoms with Crippen molar-refractivity contribution in [2.45, 2.75) is 56.3 Å². The molecular formula is C19H23N5O2S. The minimum absolute atomic E-state index is 0.0130. The minimum atomic E-state index is -0.0548. The molecule has 142 valence electrons. The summed E-state index contributed by atoms with van der Waals surface area (Å²) in [5.74, 6) is 0.447. The van der Waals surface area contributed by atoms with Gasteiger partial charge in [0.05, 0.1) is 12.1 Å². The Morgan fingerprint density at radius 1 is 1.15 bits per heavy atom. The number of nitrogens with zero attached hydrogens (tertiary/aromatic N) is 4. The second-order valence-electron chi connectivity index (χ2n) is 7.67. The topological polar surface area (TPSA) is 84.6 Å². The maximum Gasteiger partial charge on any atom is 0.344 e. The van der Waals surface area contributed by atoms with E-state index in [4.69, 9.17) is 10.6 Å². The van der Waals surface area contributed by atoms with Gasteiger partial charge >= 0.3 is 6.03 Å². The zero-order valence-electron chi connectivity index (χ0n) is 15.0. The summed E-state index contributed by atoms with van der Waals surface area (Å²) in [6.07, 6.45) is 3.81. The Labute approximate surface area is 162 Å².